The van der Waals surface area contributed by atoms with Crippen LogP contribution in [0.5, 0.6) is 0 Å². The largest absolute Gasteiger partial charge is 0.328 e. The zero-order chi connectivity index (χ0) is 22.9. The number of Topliss-reactive ketones (excluding diaryl/α,β-unsaturated/α-hetero) is 2. The van der Waals surface area contributed by atoms with Crippen LogP contribution in [-0.4, -0.2) is 21.1 Å². The summed E-state index contributed by atoms with van der Waals surface area (Å²) in [6.45, 7) is 0. The number of aromatic nitrogens is 2. The zero-order valence-corrected chi connectivity index (χ0v) is 18.0. The number of carbonyl (C=O) groups is 2. The third-order valence-electron chi connectivity index (χ3n) is 5.95. The van der Waals surface area contributed by atoms with Crippen molar-refractivity contribution in [3.05, 3.63) is 94.7 Å². The molecular weight excluding hydrogens is 442 g/mol. The summed E-state index contributed by atoms with van der Waals surface area (Å²) in [4.78, 5) is 30.5. The Morgan fingerprint density at radius 2 is 1.48 bits per heavy atom. The third-order valence-corrected chi connectivity index (χ3v) is 6.96. The van der Waals surface area contributed by atoms with Crippen molar-refractivity contribution in [1.29, 1.82) is 0 Å². The molecule has 1 aliphatic rings. The summed E-state index contributed by atoms with van der Waals surface area (Å²) < 4.78 is 30.8. The molecule has 3 aromatic carbocycles. The van der Waals surface area contributed by atoms with Gasteiger partial charge in [0.1, 0.15) is 16.6 Å². The Bertz CT molecular complexity index is 1620. The number of rotatable bonds is 2. The van der Waals surface area contributed by atoms with Crippen LogP contribution < -0.4 is 0 Å². The second-order valence-electron chi connectivity index (χ2n) is 7.89. The zero-order valence-electron chi connectivity index (χ0n) is 17.2. The molecule has 2 aromatic heterocycles. The van der Waals surface area contributed by atoms with Crippen molar-refractivity contribution in [2.45, 2.75) is 0 Å². The topological polar surface area (TPSA) is 52.0 Å². The van der Waals surface area contributed by atoms with Crippen molar-refractivity contribution in [2.75, 3.05) is 0 Å². The number of aryl methyl sites for hydroxylation is 1. The molecule has 160 valence electrons. The Morgan fingerprint density at radius 1 is 0.879 bits per heavy atom. The molecule has 1 aliphatic carbocycles. The van der Waals surface area contributed by atoms with Crippen molar-refractivity contribution in [1.82, 2.24) is 9.55 Å². The number of hydrogen-bond donors (Lipinski definition) is 0. The van der Waals surface area contributed by atoms with Gasteiger partial charge in [0.05, 0.1) is 15.8 Å². The van der Waals surface area contributed by atoms with Crippen LogP contribution in [0.3, 0.4) is 0 Å². The molecule has 6 rings (SSSR count). The average molecular weight is 456 g/mol. The van der Waals surface area contributed by atoms with Gasteiger partial charge in [-0.3, -0.25) is 9.59 Å². The van der Waals surface area contributed by atoms with E-state index in [1.54, 1.807) is 35.9 Å². The Labute approximate surface area is 190 Å². The second-order valence-corrected chi connectivity index (χ2v) is 8.92. The van der Waals surface area contributed by atoms with Crippen molar-refractivity contribution in [3.63, 3.8) is 0 Å². The summed E-state index contributed by atoms with van der Waals surface area (Å²) in [6, 6.07) is 16.6. The molecule has 2 heterocycles. The van der Waals surface area contributed by atoms with Crippen LogP contribution in [0.25, 0.3) is 37.8 Å². The van der Waals surface area contributed by atoms with Crippen molar-refractivity contribution < 1.29 is 18.4 Å². The van der Waals surface area contributed by atoms with E-state index >= 15 is 0 Å². The summed E-state index contributed by atoms with van der Waals surface area (Å²) in [5.74, 6) is -1.98. The minimum Gasteiger partial charge on any atom is -0.328 e. The first-order valence-corrected chi connectivity index (χ1v) is 11.0. The van der Waals surface area contributed by atoms with Gasteiger partial charge in [-0.2, -0.15) is 0 Å². The van der Waals surface area contributed by atoms with E-state index in [0.29, 0.717) is 27.2 Å². The lowest BCUT2D eigenvalue weighted by molar-refractivity contribution is 0.0990. The predicted octanol–water partition coefficient (Wildman–Crippen LogP) is 6.20. The van der Waals surface area contributed by atoms with Gasteiger partial charge in [-0.1, -0.05) is 30.3 Å². The third kappa shape index (κ3) is 2.89. The number of nitrogens with zero attached hydrogens (tertiary/aromatic N) is 2. The number of allylic oxidation sites excluding steroid dienone is 1. The van der Waals surface area contributed by atoms with Gasteiger partial charge < -0.3 is 4.57 Å². The minimum atomic E-state index is -0.677. The molecule has 0 aliphatic heterocycles. The van der Waals surface area contributed by atoms with E-state index in [0.717, 1.165) is 22.1 Å². The van der Waals surface area contributed by atoms with Crippen LogP contribution in [0.15, 0.2) is 66.2 Å². The number of benzene rings is 3. The molecule has 0 bridgehead atoms. The van der Waals surface area contributed by atoms with Gasteiger partial charge in [0.2, 0.25) is 0 Å². The molecule has 0 atom stereocenters. The van der Waals surface area contributed by atoms with E-state index in [1.807, 2.05) is 24.3 Å². The van der Waals surface area contributed by atoms with Crippen LogP contribution in [0, 0.1) is 11.6 Å². The molecule has 33 heavy (non-hydrogen) atoms. The standard InChI is InChI=1S/C26H14F2N2O2S/c1-30-15(12-21-25(30)29-26(33-21)22-19(27)7-4-8-20(22)28)11-18-23(31)16-9-13-5-2-3-6-14(13)10-17(16)24(18)32/h2-12H,1H3. The number of halogens is 2. The van der Waals surface area contributed by atoms with Crippen molar-refractivity contribution >= 4 is 50.1 Å². The molecular formula is C26H14F2N2O2S. The van der Waals surface area contributed by atoms with E-state index in [1.165, 1.54) is 18.2 Å². The molecule has 0 N–H and O–H groups in total. The molecule has 7 heteroatoms. The van der Waals surface area contributed by atoms with Crippen LogP contribution in [-0.2, 0) is 7.05 Å². The first-order chi connectivity index (χ1) is 15.9. The van der Waals surface area contributed by atoms with Crippen LogP contribution in [0.1, 0.15) is 26.4 Å². The van der Waals surface area contributed by atoms with Crippen LogP contribution >= 0.6 is 11.3 Å². The SMILES string of the molecule is Cn1c(C=C2C(=O)c3cc4ccccc4cc3C2=O)cc2sc(-c3c(F)cccc3F)nc21. The summed E-state index contributed by atoms with van der Waals surface area (Å²) in [5.41, 5.74) is 1.85. The van der Waals surface area contributed by atoms with E-state index < -0.39 is 11.6 Å². The predicted molar refractivity (Wildman–Crippen MR) is 125 cm³/mol. The van der Waals surface area contributed by atoms with E-state index in [9.17, 15) is 18.4 Å². The maximum absolute atomic E-state index is 14.2. The molecule has 0 unspecified atom stereocenters. The molecule has 0 spiro atoms. The van der Waals surface area contributed by atoms with E-state index in [-0.39, 0.29) is 27.7 Å². The smallest absolute Gasteiger partial charge is 0.197 e. The molecule has 0 saturated carbocycles. The maximum Gasteiger partial charge on any atom is 0.197 e. The Morgan fingerprint density at radius 3 is 2.06 bits per heavy atom. The number of fused-ring (bicyclic) bond motifs is 3. The second kappa shape index (κ2) is 7.02. The highest BCUT2D eigenvalue weighted by Crippen LogP contribution is 2.36. The summed E-state index contributed by atoms with van der Waals surface area (Å²) in [5, 5.41) is 2.03. The summed E-state index contributed by atoms with van der Waals surface area (Å²) in [6.07, 6.45) is 1.56. The van der Waals surface area contributed by atoms with Gasteiger partial charge >= 0.3 is 0 Å². The highest BCUT2D eigenvalue weighted by atomic mass is 32.1. The number of ketones is 2. The van der Waals surface area contributed by atoms with Gasteiger partial charge in [0.15, 0.2) is 17.2 Å². The van der Waals surface area contributed by atoms with Crippen LogP contribution in [0.2, 0.25) is 0 Å². The highest BCUT2D eigenvalue weighted by molar-refractivity contribution is 7.21. The monoisotopic (exact) mass is 456 g/mol. The minimum absolute atomic E-state index is 0.0916. The number of thiazole rings is 1. The lowest BCUT2D eigenvalue weighted by atomic mass is 10.0. The summed E-state index contributed by atoms with van der Waals surface area (Å²) >= 11 is 1.15. The highest BCUT2D eigenvalue weighted by Gasteiger charge is 2.33. The molecule has 5 aromatic rings. The number of hydrogen-bond acceptors (Lipinski definition) is 4. The van der Waals surface area contributed by atoms with Gasteiger partial charge in [-0.05, 0) is 47.2 Å². The molecule has 0 fully saturated rings. The Kier molecular flexibility index (Phi) is 4.19. The molecule has 4 nitrogen and oxygen atoms in total. The average Bonchev–Trinajstić information content (AvgIpc) is 3.40. The Balaban J connectivity index is 1.43. The van der Waals surface area contributed by atoms with Crippen LogP contribution in [0.4, 0.5) is 8.78 Å². The van der Waals surface area contributed by atoms with Gasteiger partial charge in [-0.15, -0.1) is 11.3 Å². The van der Waals surface area contributed by atoms with Gasteiger partial charge in [0, 0.05) is 23.9 Å². The van der Waals surface area contributed by atoms with Gasteiger partial charge in [-0.25, -0.2) is 13.8 Å². The van der Waals surface area contributed by atoms with E-state index in [2.05, 4.69) is 4.98 Å². The molecule has 0 saturated heterocycles. The normalized spacial score (nSPS) is 13.4. The fourth-order valence-electron chi connectivity index (χ4n) is 4.25. The van der Waals surface area contributed by atoms with Gasteiger partial charge in [0.25, 0.3) is 0 Å². The van der Waals surface area contributed by atoms with Crippen molar-refractivity contribution in [2.24, 2.45) is 7.05 Å². The Hall–Kier alpha value is -3.97. The lowest BCUT2D eigenvalue weighted by Crippen LogP contribution is -2.02. The fourth-order valence-corrected chi connectivity index (χ4v) is 5.34. The first kappa shape index (κ1) is 19.7. The quantitative estimate of drug-likeness (QED) is 0.235. The first-order valence-electron chi connectivity index (χ1n) is 10.2. The lowest BCUT2D eigenvalue weighted by Gasteiger charge is -2.01. The molecule has 0 radical (unpaired) electrons. The number of carbonyl (C=O) groups excluding carboxylic acids is 2. The van der Waals surface area contributed by atoms with E-state index in [4.69, 9.17) is 0 Å². The maximum atomic E-state index is 14.2. The summed E-state index contributed by atoms with van der Waals surface area (Å²) in [7, 11) is 1.74. The molecule has 0 amide bonds. The fraction of sp³-hybridized carbons (Fsp3) is 0.0385. The van der Waals surface area contributed by atoms with Crippen molar-refractivity contribution in [3.8, 4) is 10.6 Å².